The number of nitrogen functional groups attached to an aromatic ring is 1. The Bertz CT molecular complexity index is 673. The molecule has 1 aromatic carbocycles. The SMILES string of the molecule is CNC(=O)c1cnc(-c2cccc(OC)c2OC)nc1N. The number of hydrogen-bond donors (Lipinski definition) is 2. The lowest BCUT2D eigenvalue weighted by molar-refractivity contribution is 0.0963. The molecule has 3 N–H and O–H groups in total. The fourth-order valence-electron chi connectivity index (χ4n) is 1.90. The summed E-state index contributed by atoms with van der Waals surface area (Å²) < 4.78 is 10.6. The van der Waals surface area contributed by atoms with Gasteiger partial charge in [0.05, 0.1) is 25.3 Å². The molecule has 0 saturated heterocycles. The van der Waals surface area contributed by atoms with Gasteiger partial charge in [-0.15, -0.1) is 0 Å². The van der Waals surface area contributed by atoms with Crippen LogP contribution in [0.25, 0.3) is 11.4 Å². The van der Waals surface area contributed by atoms with Gasteiger partial charge in [-0.1, -0.05) is 6.07 Å². The molecule has 1 aromatic heterocycles. The van der Waals surface area contributed by atoms with E-state index in [9.17, 15) is 4.79 Å². The van der Waals surface area contributed by atoms with Crippen LogP contribution in [0.3, 0.4) is 0 Å². The molecular weight excluding hydrogens is 272 g/mol. The number of nitrogens with one attached hydrogen (secondary N) is 1. The normalized spacial score (nSPS) is 10.0. The summed E-state index contributed by atoms with van der Waals surface area (Å²) in [6, 6.07) is 5.35. The van der Waals surface area contributed by atoms with Crippen LogP contribution >= 0.6 is 0 Å². The van der Waals surface area contributed by atoms with Gasteiger partial charge in [0.2, 0.25) is 0 Å². The number of para-hydroxylation sites is 1. The van der Waals surface area contributed by atoms with Crippen LogP contribution in [0.1, 0.15) is 10.4 Å². The second kappa shape index (κ2) is 6.08. The number of carbonyl (C=O) groups is 1. The minimum atomic E-state index is -0.336. The van der Waals surface area contributed by atoms with Crippen molar-refractivity contribution in [3.8, 4) is 22.9 Å². The second-order valence-corrected chi connectivity index (χ2v) is 4.11. The number of aromatic nitrogens is 2. The molecule has 2 aromatic rings. The fraction of sp³-hybridized carbons (Fsp3) is 0.214. The Balaban J connectivity index is 2.53. The van der Waals surface area contributed by atoms with Crippen molar-refractivity contribution in [2.45, 2.75) is 0 Å². The first-order valence-electron chi connectivity index (χ1n) is 6.18. The number of anilines is 1. The standard InChI is InChI=1S/C14H16N4O3/c1-16-14(19)9-7-17-13(18-12(9)15)8-5-4-6-10(20-2)11(8)21-3/h4-7H,1-3H3,(H,16,19)(H2,15,17,18). The summed E-state index contributed by atoms with van der Waals surface area (Å²) >= 11 is 0. The van der Waals surface area contributed by atoms with Gasteiger partial charge in [0, 0.05) is 13.2 Å². The van der Waals surface area contributed by atoms with Crippen LogP contribution in [0.4, 0.5) is 5.82 Å². The summed E-state index contributed by atoms with van der Waals surface area (Å²) in [6.07, 6.45) is 1.38. The first-order chi connectivity index (χ1) is 10.1. The van der Waals surface area contributed by atoms with E-state index in [2.05, 4.69) is 15.3 Å². The number of hydrogen-bond acceptors (Lipinski definition) is 6. The van der Waals surface area contributed by atoms with Crippen molar-refractivity contribution in [1.29, 1.82) is 0 Å². The van der Waals surface area contributed by atoms with E-state index in [1.165, 1.54) is 20.4 Å². The molecule has 21 heavy (non-hydrogen) atoms. The molecule has 110 valence electrons. The lowest BCUT2D eigenvalue weighted by Crippen LogP contribution is -2.20. The van der Waals surface area contributed by atoms with Crippen molar-refractivity contribution < 1.29 is 14.3 Å². The third kappa shape index (κ3) is 2.71. The van der Waals surface area contributed by atoms with Crippen molar-refractivity contribution in [2.75, 3.05) is 27.0 Å². The summed E-state index contributed by atoms with van der Waals surface area (Å²) in [5.74, 6) is 1.19. The molecule has 0 fully saturated rings. The molecule has 7 heteroatoms. The first kappa shape index (κ1) is 14.6. The molecule has 0 radical (unpaired) electrons. The van der Waals surface area contributed by atoms with E-state index in [0.29, 0.717) is 22.9 Å². The lowest BCUT2D eigenvalue weighted by atomic mass is 10.1. The second-order valence-electron chi connectivity index (χ2n) is 4.11. The van der Waals surface area contributed by atoms with Gasteiger partial charge in [0.1, 0.15) is 5.82 Å². The van der Waals surface area contributed by atoms with E-state index < -0.39 is 0 Å². The fourth-order valence-corrected chi connectivity index (χ4v) is 1.90. The molecule has 2 rings (SSSR count). The van der Waals surface area contributed by atoms with Crippen LogP contribution < -0.4 is 20.5 Å². The van der Waals surface area contributed by atoms with Crippen LogP contribution in [0.2, 0.25) is 0 Å². The van der Waals surface area contributed by atoms with Crippen LogP contribution in [-0.2, 0) is 0 Å². The first-order valence-corrected chi connectivity index (χ1v) is 6.18. The highest BCUT2D eigenvalue weighted by molar-refractivity contribution is 5.98. The van der Waals surface area contributed by atoms with Gasteiger partial charge in [0.25, 0.3) is 5.91 Å². The highest BCUT2D eigenvalue weighted by Crippen LogP contribution is 2.36. The molecule has 1 heterocycles. The Kier molecular flexibility index (Phi) is 4.22. The largest absolute Gasteiger partial charge is 0.493 e. The number of rotatable bonds is 4. The van der Waals surface area contributed by atoms with E-state index in [4.69, 9.17) is 15.2 Å². The van der Waals surface area contributed by atoms with Gasteiger partial charge in [-0.2, -0.15) is 0 Å². The molecule has 0 saturated carbocycles. The molecule has 0 bridgehead atoms. The maximum atomic E-state index is 11.6. The van der Waals surface area contributed by atoms with E-state index in [1.807, 2.05) is 0 Å². The van der Waals surface area contributed by atoms with Gasteiger partial charge in [-0.3, -0.25) is 4.79 Å². The average Bonchev–Trinajstić information content (AvgIpc) is 2.53. The Morgan fingerprint density at radius 1 is 1.29 bits per heavy atom. The number of nitrogens with two attached hydrogens (primary N) is 1. The monoisotopic (exact) mass is 288 g/mol. The van der Waals surface area contributed by atoms with Crippen molar-refractivity contribution in [2.24, 2.45) is 0 Å². The number of nitrogens with zero attached hydrogens (tertiary/aromatic N) is 2. The minimum Gasteiger partial charge on any atom is -0.493 e. The zero-order valence-electron chi connectivity index (χ0n) is 12.0. The molecule has 0 aliphatic heterocycles. The molecule has 7 nitrogen and oxygen atoms in total. The zero-order chi connectivity index (χ0) is 15.4. The summed E-state index contributed by atoms with van der Waals surface area (Å²) in [4.78, 5) is 19.9. The van der Waals surface area contributed by atoms with Crippen molar-refractivity contribution in [3.63, 3.8) is 0 Å². The molecule has 0 unspecified atom stereocenters. The summed E-state index contributed by atoms with van der Waals surface area (Å²) in [5, 5.41) is 2.48. The van der Waals surface area contributed by atoms with Crippen molar-refractivity contribution in [3.05, 3.63) is 30.0 Å². The van der Waals surface area contributed by atoms with E-state index in [0.717, 1.165) is 0 Å². The quantitative estimate of drug-likeness (QED) is 0.874. The molecule has 1 amide bonds. The molecule has 0 spiro atoms. The van der Waals surface area contributed by atoms with Gasteiger partial charge in [-0.25, -0.2) is 9.97 Å². The minimum absolute atomic E-state index is 0.101. The highest BCUT2D eigenvalue weighted by atomic mass is 16.5. The number of methoxy groups -OCH3 is 2. The zero-order valence-corrected chi connectivity index (χ0v) is 12.0. The van der Waals surface area contributed by atoms with Crippen molar-refractivity contribution in [1.82, 2.24) is 15.3 Å². The summed E-state index contributed by atoms with van der Waals surface area (Å²) in [7, 11) is 4.59. The third-order valence-electron chi connectivity index (χ3n) is 2.93. The Morgan fingerprint density at radius 2 is 2.05 bits per heavy atom. The topological polar surface area (TPSA) is 99.4 Å². The predicted octanol–water partition coefficient (Wildman–Crippen LogP) is 1.10. The third-order valence-corrected chi connectivity index (χ3v) is 2.93. The van der Waals surface area contributed by atoms with Crippen LogP contribution in [0.15, 0.2) is 24.4 Å². The molecule has 0 aliphatic carbocycles. The number of amides is 1. The van der Waals surface area contributed by atoms with E-state index >= 15 is 0 Å². The number of ether oxygens (including phenoxy) is 2. The van der Waals surface area contributed by atoms with Crippen LogP contribution in [-0.4, -0.2) is 37.1 Å². The van der Waals surface area contributed by atoms with Gasteiger partial charge in [-0.05, 0) is 12.1 Å². The van der Waals surface area contributed by atoms with E-state index in [-0.39, 0.29) is 17.3 Å². The Morgan fingerprint density at radius 3 is 2.62 bits per heavy atom. The van der Waals surface area contributed by atoms with Gasteiger partial charge in [0.15, 0.2) is 17.3 Å². The van der Waals surface area contributed by atoms with Crippen LogP contribution in [0.5, 0.6) is 11.5 Å². The maximum Gasteiger partial charge on any atom is 0.256 e. The number of carbonyl (C=O) groups excluding carboxylic acids is 1. The van der Waals surface area contributed by atoms with E-state index in [1.54, 1.807) is 25.3 Å². The van der Waals surface area contributed by atoms with Gasteiger partial charge >= 0.3 is 0 Å². The molecule has 0 atom stereocenters. The smallest absolute Gasteiger partial charge is 0.256 e. The maximum absolute atomic E-state index is 11.6. The van der Waals surface area contributed by atoms with Gasteiger partial charge < -0.3 is 20.5 Å². The number of benzene rings is 1. The summed E-state index contributed by atoms with van der Waals surface area (Å²) in [5.41, 5.74) is 6.67. The average molecular weight is 288 g/mol. The Hall–Kier alpha value is -2.83. The lowest BCUT2D eigenvalue weighted by Gasteiger charge is -2.12. The van der Waals surface area contributed by atoms with Crippen LogP contribution in [0, 0.1) is 0 Å². The summed E-state index contributed by atoms with van der Waals surface area (Å²) in [6.45, 7) is 0. The Labute approximate surface area is 122 Å². The van der Waals surface area contributed by atoms with Crippen molar-refractivity contribution >= 4 is 11.7 Å². The molecular formula is C14H16N4O3. The molecule has 0 aliphatic rings. The predicted molar refractivity (Wildman–Crippen MR) is 78.4 cm³/mol. The highest BCUT2D eigenvalue weighted by Gasteiger charge is 2.16.